The molecular weight excluding hydrogens is 272 g/mol. The summed E-state index contributed by atoms with van der Waals surface area (Å²) in [6.07, 6.45) is 0. The average Bonchev–Trinajstić information content (AvgIpc) is 2.47. The van der Waals surface area contributed by atoms with Gasteiger partial charge in [-0.3, -0.25) is 4.79 Å². The molecule has 0 amide bonds. The van der Waals surface area contributed by atoms with Gasteiger partial charge >= 0.3 is 0 Å². The number of carbonyl (C=O) groups excluding carboxylic acids is 1. The summed E-state index contributed by atoms with van der Waals surface area (Å²) in [4.78, 5) is 12.4. The largest absolute Gasteiger partial charge is 0.507 e. The van der Waals surface area contributed by atoms with Crippen LogP contribution >= 0.6 is 0 Å². The molecule has 0 spiro atoms. The summed E-state index contributed by atoms with van der Waals surface area (Å²) in [5, 5.41) is 19.8. The van der Waals surface area contributed by atoms with Gasteiger partial charge in [0.1, 0.15) is 23.0 Å². The molecule has 5 heteroatoms. The van der Waals surface area contributed by atoms with Gasteiger partial charge in [0.05, 0.1) is 24.8 Å². The van der Waals surface area contributed by atoms with Crippen molar-refractivity contribution >= 4 is 5.78 Å². The van der Waals surface area contributed by atoms with E-state index in [2.05, 4.69) is 0 Å². The zero-order valence-corrected chi connectivity index (χ0v) is 11.8. The van der Waals surface area contributed by atoms with Crippen LogP contribution in [0, 0.1) is 0 Å². The number of ether oxygens (including phenoxy) is 2. The van der Waals surface area contributed by atoms with Gasteiger partial charge in [0.25, 0.3) is 0 Å². The van der Waals surface area contributed by atoms with Crippen molar-refractivity contribution < 1.29 is 24.5 Å². The number of aromatic hydroxyl groups is 2. The second-order valence-corrected chi connectivity index (χ2v) is 4.32. The van der Waals surface area contributed by atoms with E-state index in [0.29, 0.717) is 18.1 Å². The van der Waals surface area contributed by atoms with Crippen LogP contribution in [0.5, 0.6) is 23.0 Å². The molecule has 0 bridgehead atoms. The van der Waals surface area contributed by atoms with Gasteiger partial charge in [0.2, 0.25) is 0 Å². The monoisotopic (exact) mass is 288 g/mol. The molecule has 0 aliphatic carbocycles. The molecule has 0 aliphatic rings. The predicted molar refractivity (Wildman–Crippen MR) is 77.4 cm³/mol. The molecule has 110 valence electrons. The topological polar surface area (TPSA) is 76.0 Å². The number of hydrogen-bond donors (Lipinski definition) is 2. The van der Waals surface area contributed by atoms with Crippen LogP contribution in [-0.2, 0) is 0 Å². The normalized spacial score (nSPS) is 10.2. The highest BCUT2D eigenvalue weighted by molar-refractivity contribution is 6.12. The maximum absolute atomic E-state index is 12.4. The van der Waals surface area contributed by atoms with Gasteiger partial charge in [-0.05, 0) is 31.2 Å². The van der Waals surface area contributed by atoms with E-state index in [0.717, 1.165) is 0 Å². The molecule has 0 heterocycles. The van der Waals surface area contributed by atoms with Gasteiger partial charge in [-0.25, -0.2) is 0 Å². The zero-order chi connectivity index (χ0) is 15.4. The van der Waals surface area contributed by atoms with Crippen molar-refractivity contribution in [1.82, 2.24) is 0 Å². The Kier molecular flexibility index (Phi) is 4.33. The molecule has 0 radical (unpaired) electrons. The summed E-state index contributed by atoms with van der Waals surface area (Å²) in [7, 11) is 1.47. The smallest absolute Gasteiger partial charge is 0.200 e. The number of benzene rings is 2. The molecule has 0 unspecified atom stereocenters. The van der Waals surface area contributed by atoms with Crippen LogP contribution in [0.3, 0.4) is 0 Å². The molecule has 2 N–H and O–H groups in total. The standard InChI is InChI=1S/C16H16O5/c1-3-21-11-5-7-13(15(18)9-11)16(19)12-6-4-10(20-2)8-14(12)17/h4-9,17-18H,3H2,1-2H3. The lowest BCUT2D eigenvalue weighted by Gasteiger charge is -2.09. The summed E-state index contributed by atoms with van der Waals surface area (Å²) < 4.78 is 10.2. The molecule has 21 heavy (non-hydrogen) atoms. The predicted octanol–water partition coefficient (Wildman–Crippen LogP) is 2.74. The van der Waals surface area contributed by atoms with Gasteiger partial charge in [-0.15, -0.1) is 0 Å². The van der Waals surface area contributed by atoms with Gasteiger partial charge in [-0.2, -0.15) is 0 Å². The van der Waals surface area contributed by atoms with E-state index in [1.54, 1.807) is 12.1 Å². The molecule has 0 atom stereocenters. The van der Waals surface area contributed by atoms with E-state index < -0.39 is 5.78 Å². The Morgan fingerprint density at radius 1 is 1.00 bits per heavy atom. The van der Waals surface area contributed by atoms with Gasteiger partial charge in [-0.1, -0.05) is 0 Å². The molecule has 0 aromatic heterocycles. The first-order valence-electron chi connectivity index (χ1n) is 6.44. The van der Waals surface area contributed by atoms with Crippen LogP contribution in [0.15, 0.2) is 36.4 Å². The second kappa shape index (κ2) is 6.17. The van der Waals surface area contributed by atoms with E-state index in [4.69, 9.17) is 9.47 Å². The minimum absolute atomic E-state index is 0.0928. The molecule has 0 aliphatic heterocycles. The summed E-state index contributed by atoms with van der Waals surface area (Å²) in [6.45, 7) is 2.29. The summed E-state index contributed by atoms with van der Waals surface area (Å²) in [5.74, 6) is 0.0509. The first kappa shape index (κ1) is 14.7. The van der Waals surface area contributed by atoms with Crippen LogP contribution in [-0.4, -0.2) is 29.7 Å². The molecule has 0 fully saturated rings. The molecule has 5 nitrogen and oxygen atoms in total. The van der Waals surface area contributed by atoms with E-state index >= 15 is 0 Å². The third kappa shape index (κ3) is 3.08. The number of methoxy groups -OCH3 is 1. The maximum atomic E-state index is 12.4. The van der Waals surface area contributed by atoms with Crippen molar-refractivity contribution in [1.29, 1.82) is 0 Å². The van der Waals surface area contributed by atoms with E-state index in [9.17, 15) is 15.0 Å². The minimum Gasteiger partial charge on any atom is -0.507 e. The van der Waals surface area contributed by atoms with Gasteiger partial charge < -0.3 is 19.7 Å². The number of carbonyl (C=O) groups is 1. The SMILES string of the molecule is CCOc1ccc(C(=O)c2ccc(OC)cc2O)c(O)c1. The molecule has 2 rings (SSSR count). The Balaban J connectivity index is 2.36. The number of phenolic OH excluding ortho intramolecular Hbond substituents is 2. The fourth-order valence-corrected chi connectivity index (χ4v) is 1.94. The Hall–Kier alpha value is -2.69. The Morgan fingerprint density at radius 3 is 2.00 bits per heavy atom. The van der Waals surface area contributed by atoms with Crippen LogP contribution < -0.4 is 9.47 Å². The lowest BCUT2D eigenvalue weighted by Crippen LogP contribution is -2.03. The van der Waals surface area contributed by atoms with Gasteiger partial charge in [0, 0.05) is 12.1 Å². The van der Waals surface area contributed by atoms with Crippen LogP contribution in [0.2, 0.25) is 0 Å². The first-order valence-corrected chi connectivity index (χ1v) is 6.44. The number of rotatable bonds is 5. The molecule has 2 aromatic carbocycles. The molecule has 0 saturated carbocycles. The number of phenols is 2. The van der Waals surface area contributed by atoms with Crippen molar-refractivity contribution in [2.75, 3.05) is 13.7 Å². The fourth-order valence-electron chi connectivity index (χ4n) is 1.94. The summed E-state index contributed by atoms with van der Waals surface area (Å²) in [6, 6.07) is 8.80. The van der Waals surface area contributed by atoms with E-state index in [-0.39, 0.29) is 22.6 Å². The van der Waals surface area contributed by atoms with Crippen molar-refractivity contribution in [3.63, 3.8) is 0 Å². The highest BCUT2D eigenvalue weighted by atomic mass is 16.5. The molecule has 0 saturated heterocycles. The summed E-state index contributed by atoms with van der Waals surface area (Å²) >= 11 is 0. The van der Waals surface area contributed by atoms with Crippen LogP contribution in [0.4, 0.5) is 0 Å². The lowest BCUT2D eigenvalue weighted by atomic mass is 10.0. The van der Waals surface area contributed by atoms with Crippen molar-refractivity contribution in [2.24, 2.45) is 0 Å². The van der Waals surface area contributed by atoms with E-state index in [1.807, 2.05) is 6.92 Å². The fraction of sp³-hybridized carbons (Fsp3) is 0.188. The molecule has 2 aromatic rings. The minimum atomic E-state index is -0.476. The van der Waals surface area contributed by atoms with Crippen molar-refractivity contribution in [3.8, 4) is 23.0 Å². The van der Waals surface area contributed by atoms with E-state index in [1.165, 1.54) is 31.4 Å². The lowest BCUT2D eigenvalue weighted by molar-refractivity contribution is 0.103. The summed E-state index contributed by atoms with van der Waals surface area (Å²) in [5.41, 5.74) is 0.189. The third-order valence-corrected chi connectivity index (χ3v) is 2.97. The van der Waals surface area contributed by atoms with Crippen molar-refractivity contribution in [2.45, 2.75) is 6.92 Å². The highest BCUT2D eigenvalue weighted by Crippen LogP contribution is 2.30. The molecular formula is C16H16O5. The Labute approximate surface area is 122 Å². The highest BCUT2D eigenvalue weighted by Gasteiger charge is 2.18. The number of ketones is 1. The quantitative estimate of drug-likeness (QED) is 0.827. The first-order chi connectivity index (χ1) is 10.1. The Morgan fingerprint density at radius 2 is 1.52 bits per heavy atom. The van der Waals surface area contributed by atoms with Crippen LogP contribution in [0.25, 0.3) is 0 Å². The second-order valence-electron chi connectivity index (χ2n) is 4.32. The average molecular weight is 288 g/mol. The van der Waals surface area contributed by atoms with Gasteiger partial charge in [0.15, 0.2) is 5.78 Å². The maximum Gasteiger partial charge on any atom is 0.200 e. The zero-order valence-electron chi connectivity index (χ0n) is 11.8. The Bertz CT molecular complexity index is 664. The van der Waals surface area contributed by atoms with Crippen molar-refractivity contribution in [3.05, 3.63) is 47.5 Å². The van der Waals surface area contributed by atoms with Crippen LogP contribution in [0.1, 0.15) is 22.8 Å². The number of hydrogen-bond acceptors (Lipinski definition) is 5. The third-order valence-electron chi connectivity index (χ3n) is 2.97.